The van der Waals surface area contributed by atoms with Crippen LogP contribution in [0.5, 0.6) is 0 Å². The molecule has 2 nitrogen and oxygen atoms in total. The van der Waals surface area contributed by atoms with Gasteiger partial charge in [-0.25, -0.2) is 0 Å². The van der Waals surface area contributed by atoms with Crippen LogP contribution in [0.1, 0.15) is 26.7 Å². The zero-order valence-corrected chi connectivity index (χ0v) is 7.12. The molecule has 2 bridgehead atoms. The minimum absolute atomic E-state index is 0.0440. The first-order valence-electron chi connectivity index (χ1n) is 4.29. The van der Waals surface area contributed by atoms with Crippen molar-refractivity contribution in [3.8, 4) is 0 Å². The lowest BCUT2D eigenvalue weighted by atomic mass is 9.74. The van der Waals surface area contributed by atoms with Crippen molar-refractivity contribution in [1.29, 1.82) is 0 Å². The molecule has 1 N–H and O–H groups in total. The van der Waals surface area contributed by atoms with Crippen molar-refractivity contribution >= 4 is 0 Å². The van der Waals surface area contributed by atoms with Crippen LogP contribution in [0.4, 0.5) is 0 Å². The molecule has 0 radical (unpaired) electrons. The van der Waals surface area contributed by atoms with E-state index in [0.29, 0.717) is 5.92 Å². The lowest BCUT2D eigenvalue weighted by Crippen LogP contribution is -2.57. The van der Waals surface area contributed by atoms with Gasteiger partial charge < -0.3 is 5.21 Å². The smallest absolute Gasteiger partial charge is 0.0536 e. The van der Waals surface area contributed by atoms with Crippen LogP contribution in [0.2, 0.25) is 0 Å². The van der Waals surface area contributed by atoms with E-state index in [1.807, 2.05) is 0 Å². The first-order valence-corrected chi connectivity index (χ1v) is 4.29. The summed E-state index contributed by atoms with van der Waals surface area (Å²) in [5.41, 5.74) is -0.0440. The highest BCUT2D eigenvalue weighted by Crippen LogP contribution is 2.40. The SMILES string of the molecule is CC1(C)C2C=CC(CC2)N1O. The molecule has 1 fully saturated rings. The van der Waals surface area contributed by atoms with E-state index in [1.54, 1.807) is 0 Å². The maximum absolute atomic E-state index is 9.71. The number of hydrogen-bond acceptors (Lipinski definition) is 2. The van der Waals surface area contributed by atoms with Crippen molar-refractivity contribution in [3.63, 3.8) is 0 Å². The van der Waals surface area contributed by atoms with Crippen LogP contribution in [0.25, 0.3) is 0 Å². The molecule has 2 heterocycles. The van der Waals surface area contributed by atoms with Gasteiger partial charge in [-0.05, 0) is 32.6 Å². The number of piperidine rings is 1. The van der Waals surface area contributed by atoms with E-state index in [9.17, 15) is 5.21 Å². The highest BCUT2D eigenvalue weighted by atomic mass is 16.5. The summed E-state index contributed by atoms with van der Waals surface area (Å²) in [4.78, 5) is 0. The Bertz CT molecular complexity index is 198. The first kappa shape index (κ1) is 7.32. The van der Waals surface area contributed by atoms with Gasteiger partial charge >= 0.3 is 0 Å². The van der Waals surface area contributed by atoms with Crippen LogP contribution in [0, 0.1) is 5.92 Å². The van der Waals surface area contributed by atoms with E-state index in [0.717, 1.165) is 6.42 Å². The fourth-order valence-corrected chi connectivity index (χ4v) is 2.19. The van der Waals surface area contributed by atoms with Crippen molar-refractivity contribution in [2.75, 3.05) is 0 Å². The molecule has 2 aliphatic heterocycles. The van der Waals surface area contributed by atoms with Gasteiger partial charge in [0.05, 0.1) is 6.04 Å². The molecule has 1 saturated heterocycles. The predicted molar refractivity (Wildman–Crippen MR) is 43.4 cm³/mol. The molecule has 0 aromatic heterocycles. The Morgan fingerprint density at radius 3 is 2.36 bits per heavy atom. The fraction of sp³-hybridized carbons (Fsp3) is 0.778. The third-order valence-corrected chi connectivity index (χ3v) is 3.15. The Balaban J connectivity index is 2.34. The van der Waals surface area contributed by atoms with E-state index in [4.69, 9.17) is 0 Å². The molecule has 0 amide bonds. The van der Waals surface area contributed by atoms with E-state index in [1.165, 1.54) is 11.5 Å². The third kappa shape index (κ3) is 0.861. The summed E-state index contributed by atoms with van der Waals surface area (Å²) in [6.07, 6.45) is 6.71. The van der Waals surface area contributed by atoms with Crippen LogP contribution in [0.3, 0.4) is 0 Å². The molecule has 3 rings (SSSR count). The average Bonchev–Trinajstić information content (AvgIpc) is 2.01. The summed E-state index contributed by atoms with van der Waals surface area (Å²) in [6.45, 7) is 4.21. The van der Waals surface area contributed by atoms with Gasteiger partial charge in [0.25, 0.3) is 0 Å². The second-order valence-electron chi connectivity index (χ2n) is 4.13. The lowest BCUT2D eigenvalue weighted by molar-refractivity contribution is -0.217. The number of rotatable bonds is 0. The summed E-state index contributed by atoms with van der Waals surface area (Å²) < 4.78 is 0. The van der Waals surface area contributed by atoms with Gasteiger partial charge in [-0.1, -0.05) is 12.2 Å². The lowest BCUT2D eigenvalue weighted by Gasteiger charge is -2.50. The molecule has 1 aliphatic carbocycles. The number of fused-ring (bicyclic) bond motifs is 2. The Hall–Kier alpha value is -0.340. The predicted octanol–water partition coefficient (Wildman–Crippen LogP) is 1.80. The van der Waals surface area contributed by atoms with Crippen LogP contribution in [0.15, 0.2) is 12.2 Å². The molecular weight excluding hydrogens is 138 g/mol. The van der Waals surface area contributed by atoms with E-state index in [2.05, 4.69) is 26.0 Å². The molecule has 2 heteroatoms. The second-order valence-corrected chi connectivity index (χ2v) is 4.13. The van der Waals surface area contributed by atoms with Gasteiger partial charge in [-0.2, -0.15) is 5.06 Å². The molecule has 0 aromatic carbocycles. The summed E-state index contributed by atoms with van der Waals surface area (Å²) >= 11 is 0. The molecule has 0 spiro atoms. The molecule has 2 atom stereocenters. The summed E-state index contributed by atoms with van der Waals surface area (Å²) in [7, 11) is 0. The minimum Gasteiger partial charge on any atom is -0.313 e. The molecule has 2 unspecified atom stereocenters. The normalized spacial score (nSPS) is 41.4. The van der Waals surface area contributed by atoms with Crippen LogP contribution >= 0.6 is 0 Å². The average molecular weight is 153 g/mol. The zero-order valence-electron chi connectivity index (χ0n) is 7.12. The number of nitrogens with zero attached hydrogens (tertiary/aromatic N) is 1. The minimum atomic E-state index is -0.0440. The quantitative estimate of drug-likeness (QED) is 0.536. The van der Waals surface area contributed by atoms with Gasteiger partial charge in [0.1, 0.15) is 0 Å². The van der Waals surface area contributed by atoms with Gasteiger partial charge in [0.15, 0.2) is 0 Å². The Labute approximate surface area is 67.5 Å². The van der Waals surface area contributed by atoms with Crippen molar-refractivity contribution in [2.45, 2.75) is 38.3 Å². The number of hydrogen-bond donors (Lipinski definition) is 1. The number of hydroxylamine groups is 2. The fourth-order valence-electron chi connectivity index (χ4n) is 2.19. The van der Waals surface area contributed by atoms with Gasteiger partial charge in [0, 0.05) is 5.54 Å². The highest BCUT2D eigenvalue weighted by molar-refractivity contribution is 5.14. The summed E-state index contributed by atoms with van der Waals surface area (Å²) in [5, 5.41) is 11.2. The largest absolute Gasteiger partial charge is 0.313 e. The monoisotopic (exact) mass is 153 g/mol. The van der Waals surface area contributed by atoms with Crippen LogP contribution < -0.4 is 0 Å². The molecule has 11 heavy (non-hydrogen) atoms. The molecule has 0 saturated carbocycles. The Kier molecular flexibility index (Phi) is 1.38. The van der Waals surface area contributed by atoms with Crippen molar-refractivity contribution in [2.24, 2.45) is 5.92 Å². The molecular formula is C9H15NO. The van der Waals surface area contributed by atoms with E-state index < -0.39 is 0 Å². The van der Waals surface area contributed by atoms with Crippen molar-refractivity contribution < 1.29 is 5.21 Å². The third-order valence-electron chi connectivity index (χ3n) is 3.15. The summed E-state index contributed by atoms with van der Waals surface area (Å²) in [6, 6.07) is 0.273. The molecule has 3 aliphatic rings. The molecule has 62 valence electrons. The van der Waals surface area contributed by atoms with Crippen molar-refractivity contribution in [1.82, 2.24) is 5.06 Å². The first-order chi connectivity index (χ1) is 5.12. The topological polar surface area (TPSA) is 23.5 Å². The molecule has 0 aromatic rings. The van der Waals surface area contributed by atoms with E-state index >= 15 is 0 Å². The highest BCUT2D eigenvalue weighted by Gasteiger charge is 2.43. The zero-order chi connectivity index (χ0) is 8.06. The van der Waals surface area contributed by atoms with Crippen LogP contribution in [-0.4, -0.2) is 21.9 Å². The second kappa shape index (κ2) is 2.08. The summed E-state index contributed by atoms with van der Waals surface area (Å²) in [5.74, 6) is 0.539. The maximum atomic E-state index is 9.71. The van der Waals surface area contributed by atoms with Gasteiger partial charge in [0.2, 0.25) is 0 Å². The maximum Gasteiger partial charge on any atom is 0.0536 e. The van der Waals surface area contributed by atoms with Gasteiger partial charge in [-0.3, -0.25) is 0 Å². The Morgan fingerprint density at radius 1 is 1.36 bits per heavy atom. The Morgan fingerprint density at radius 2 is 2.09 bits per heavy atom. The van der Waals surface area contributed by atoms with Crippen LogP contribution in [-0.2, 0) is 0 Å². The van der Waals surface area contributed by atoms with Gasteiger partial charge in [-0.15, -0.1) is 0 Å². The van der Waals surface area contributed by atoms with E-state index in [-0.39, 0.29) is 11.6 Å². The standard InChI is InChI=1S/C9H15NO/c1-9(2)7-3-5-8(6-4-7)10(9)11/h3,5,7-8,11H,4,6H2,1-2H3. The van der Waals surface area contributed by atoms with Crippen molar-refractivity contribution in [3.05, 3.63) is 12.2 Å².